The number of hydrogen-bond acceptors (Lipinski definition) is 13. The average Bonchev–Trinajstić information content (AvgIpc) is 4.04. The van der Waals surface area contributed by atoms with Gasteiger partial charge in [0.05, 0.1) is 95.3 Å². The Balaban J connectivity index is 1.41. The van der Waals surface area contributed by atoms with E-state index in [0.717, 1.165) is 29.3 Å². The Bertz CT molecular complexity index is 2060. The molecule has 0 radical (unpaired) electrons. The number of carbonyl (C=O) groups is 6. The molecule has 4 rings (SSSR count). The van der Waals surface area contributed by atoms with Crippen molar-refractivity contribution >= 4 is 46.4 Å². The predicted molar refractivity (Wildman–Crippen MR) is 280 cm³/mol. The van der Waals surface area contributed by atoms with Crippen LogP contribution in [0.4, 0.5) is 0 Å². The van der Waals surface area contributed by atoms with Crippen molar-refractivity contribution in [3.05, 3.63) is 36.0 Å². The second kappa shape index (κ2) is 31.4. The van der Waals surface area contributed by atoms with Gasteiger partial charge >= 0.3 is 5.97 Å². The van der Waals surface area contributed by atoms with Crippen LogP contribution in [0.3, 0.4) is 0 Å². The van der Waals surface area contributed by atoms with Gasteiger partial charge in [-0.05, 0) is 62.1 Å². The SMILES string of the molecule is CCC(C)C(C(CC(=O)N1CCC[C@H]1C(OC)C(C)C(=O)NC(Cc1c[nH]c2ccccc12)C(=O)N1CCCCO1)OC)N(C)C(=O)C(NC(=O)C(C(C)C)N(C)CCOCCOCCOCCC(=O)O)C(C)C. The molecule has 0 saturated carbocycles. The number of amides is 5. The maximum Gasteiger partial charge on any atom is 0.305 e. The third kappa shape index (κ3) is 17.7. The summed E-state index contributed by atoms with van der Waals surface area (Å²) in [5, 5.41) is 17.2. The first-order valence-electron chi connectivity index (χ1n) is 26.7. The number of aromatic nitrogens is 1. The number of rotatable bonds is 33. The number of carboxylic acids is 1. The van der Waals surface area contributed by atoms with Crippen LogP contribution in [0, 0.1) is 23.7 Å². The Morgan fingerprint density at radius 3 is 2.12 bits per heavy atom. The van der Waals surface area contributed by atoms with Crippen LogP contribution in [-0.2, 0) is 63.7 Å². The van der Waals surface area contributed by atoms with Crippen molar-refractivity contribution in [1.82, 2.24) is 35.4 Å². The van der Waals surface area contributed by atoms with Gasteiger partial charge < -0.3 is 54.2 Å². The number of aromatic amines is 1. The minimum absolute atomic E-state index is 0.0379. The molecule has 418 valence electrons. The molecular weight excluding hydrogens is 955 g/mol. The lowest BCUT2D eigenvalue weighted by Gasteiger charge is -2.41. The van der Waals surface area contributed by atoms with E-state index in [9.17, 15) is 28.8 Å². The molecule has 2 aromatic rings. The largest absolute Gasteiger partial charge is 0.481 e. The third-order valence-corrected chi connectivity index (χ3v) is 14.6. The second-order valence-corrected chi connectivity index (χ2v) is 20.6. The lowest BCUT2D eigenvalue weighted by Crippen LogP contribution is -2.60. The Kier molecular flexibility index (Phi) is 26.2. The number of methoxy groups -OCH3 is 2. The van der Waals surface area contributed by atoms with Gasteiger partial charge in [0, 0.05) is 64.4 Å². The fraction of sp³-hybridized carbons (Fsp3) is 0.741. The minimum atomic E-state index is -0.914. The van der Waals surface area contributed by atoms with Crippen molar-refractivity contribution in [3.8, 4) is 0 Å². The fourth-order valence-electron chi connectivity index (χ4n) is 10.3. The fourth-order valence-corrected chi connectivity index (χ4v) is 10.3. The molecule has 1 aromatic heterocycles. The molecule has 5 amide bonds. The van der Waals surface area contributed by atoms with Crippen LogP contribution in [0.2, 0.25) is 0 Å². The predicted octanol–water partition coefficient (Wildman–Crippen LogP) is 4.29. The van der Waals surface area contributed by atoms with Gasteiger partial charge in [0.1, 0.15) is 12.1 Å². The number of hydrogen-bond donors (Lipinski definition) is 4. The number of carboxylic acid groups (broad SMARTS) is 1. The summed E-state index contributed by atoms with van der Waals surface area (Å²) < 4.78 is 28.7. The van der Waals surface area contributed by atoms with E-state index in [0.29, 0.717) is 78.5 Å². The van der Waals surface area contributed by atoms with Gasteiger partial charge in [-0.2, -0.15) is 0 Å². The molecule has 9 atom stereocenters. The quantitative estimate of drug-likeness (QED) is 0.0732. The standard InChI is InChI=1S/C54H89N7O13/c1-12-37(6)49(59(9)54(68)47(35(2)3)57-52(66)48(36(4)5)58(8)24-27-72-29-31-73-30-28-71-26-21-46(63)64)44(69-10)33-45(62)60-22-17-20-43(60)50(70-11)38(7)51(65)56-42(53(67)61-23-15-16-25-74-61)32-39-34-55-41-19-14-13-18-40(39)41/h13-14,18-19,34-38,42-44,47-50,55H,12,15-17,20-33H2,1-11H3,(H,56,65)(H,57,66)(H,63,64)/t37?,38?,42?,43-,44?,47?,48?,49?,50?/m0/s1. The number of carbonyl (C=O) groups excluding carboxylic acids is 5. The Hall–Kier alpha value is -4.70. The Morgan fingerprint density at radius 2 is 1.51 bits per heavy atom. The molecule has 2 aliphatic heterocycles. The lowest BCUT2D eigenvalue weighted by atomic mass is 9.89. The number of aliphatic carboxylic acids is 1. The van der Waals surface area contributed by atoms with E-state index in [-0.39, 0.29) is 73.2 Å². The van der Waals surface area contributed by atoms with Gasteiger partial charge in [-0.3, -0.25) is 38.5 Å². The van der Waals surface area contributed by atoms with E-state index in [1.54, 1.807) is 30.9 Å². The van der Waals surface area contributed by atoms with Gasteiger partial charge in [0.2, 0.25) is 23.6 Å². The van der Waals surface area contributed by atoms with Crippen LogP contribution in [0.5, 0.6) is 0 Å². The van der Waals surface area contributed by atoms with E-state index < -0.39 is 54.3 Å². The lowest BCUT2D eigenvalue weighted by molar-refractivity contribution is -0.199. The van der Waals surface area contributed by atoms with Crippen LogP contribution >= 0.6 is 0 Å². The number of para-hydroxylation sites is 1. The van der Waals surface area contributed by atoms with Crippen molar-refractivity contribution in [1.29, 1.82) is 0 Å². The molecule has 4 N–H and O–H groups in total. The highest BCUT2D eigenvalue weighted by Gasteiger charge is 2.44. The van der Waals surface area contributed by atoms with E-state index in [1.807, 2.05) is 84.0 Å². The van der Waals surface area contributed by atoms with Gasteiger partial charge in [0.15, 0.2) is 0 Å². The van der Waals surface area contributed by atoms with Crippen LogP contribution in [0.1, 0.15) is 99.0 Å². The summed E-state index contributed by atoms with van der Waals surface area (Å²) in [6.07, 6.45) is 4.25. The first-order valence-corrected chi connectivity index (χ1v) is 26.7. The Labute approximate surface area is 439 Å². The van der Waals surface area contributed by atoms with E-state index in [2.05, 4.69) is 15.6 Å². The smallest absolute Gasteiger partial charge is 0.305 e. The van der Waals surface area contributed by atoms with Crippen molar-refractivity contribution < 1.29 is 62.4 Å². The maximum atomic E-state index is 14.7. The summed E-state index contributed by atoms with van der Waals surface area (Å²) in [7, 11) is 6.65. The molecule has 8 unspecified atom stereocenters. The van der Waals surface area contributed by atoms with Gasteiger partial charge in [-0.15, -0.1) is 0 Å². The average molecular weight is 1040 g/mol. The van der Waals surface area contributed by atoms with Crippen molar-refractivity contribution in [3.63, 3.8) is 0 Å². The first-order chi connectivity index (χ1) is 35.4. The molecule has 3 heterocycles. The highest BCUT2D eigenvalue weighted by atomic mass is 16.7. The van der Waals surface area contributed by atoms with E-state index >= 15 is 0 Å². The topological polar surface area (TPSA) is 231 Å². The van der Waals surface area contributed by atoms with Crippen molar-refractivity contribution in [2.24, 2.45) is 23.7 Å². The molecule has 20 nitrogen and oxygen atoms in total. The van der Waals surface area contributed by atoms with Crippen LogP contribution < -0.4 is 10.6 Å². The highest BCUT2D eigenvalue weighted by Crippen LogP contribution is 2.30. The number of nitrogens with zero attached hydrogens (tertiary/aromatic N) is 4. The molecule has 2 saturated heterocycles. The van der Waals surface area contributed by atoms with Crippen LogP contribution in [0.15, 0.2) is 30.5 Å². The van der Waals surface area contributed by atoms with Gasteiger partial charge in [-0.25, -0.2) is 5.06 Å². The van der Waals surface area contributed by atoms with Gasteiger partial charge in [-0.1, -0.05) is 73.1 Å². The van der Waals surface area contributed by atoms with Gasteiger partial charge in [0.25, 0.3) is 5.91 Å². The molecule has 74 heavy (non-hydrogen) atoms. The zero-order valence-corrected chi connectivity index (χ0v) is 46.1. The number of likely N-dealkylation sites (tertiary alicyclic amines) is 1. The van der Waals surface area contributed by atoms with Crippen molar-refractivity contribution in [2.45, 2.75) is 142 Å². The zero-order valence-electron chi connectivity index (χ0n) is 46.1. The second-order valence-electron chi connectivity index (χ2n) is 20.6. The number of fused-ring (bicyclic) bond motifs is 1. The molecule has 0 spiro atoms. The molecule has 0 aliphatic carbocycles. The number of benzene rings is 1. The first kappa shape index (κ1) is 61.8. The molecule has 2 fully saturated rings. The number of ether oxygens (including phenoxy) is 5. The monoisotopic (exact) mass is 1040 g/mol. The molecular formula is C54H89N7O13. The maximum absolute atomic E-state index is 14.7. The molecule has 20 heteroatoms. The summed E-state index contributed by atoms with van der Waals surface area (Å²) >= 11 is 0. The molecule has 1 aromatic carbocycles. The normalized spacial score (nSPS) is 18.5. The highest BCUT2D eigenvalue weighted by molar-refractivity contribution is 5.91. The van der Waals surface area contributed by atoms with E-state index in [4.69, 9.17) is 33.6 Å². The number of likely N-dealkylation sites (N-methyl/N-ethyl adjacent to an activating group) is 2. The van der Waals surface area contributed by atoms with Crippen molar-refractivity contribution in [2.75, 3.05) is 94.2 Å². The number of hydroxylamine groups is 2. The number of H-pyrrole nitrogens is 1. The summed E-state index contributed by atoms with van der Waals surface area (Å²) in [4.78, 5) is 96.7. The summed E-state index contributed by atoms with van der Waals surface area (Å²) in [6.45, 7) is 17.0. The van der Waals surface area contributed by atoms with Crippen LogP contribution in [0.25, 0.3) is 10.9 Å². The Morgan fingerprint density at radius 1 is 0.838 bits per heavy atom. The number of nitrogens with one attached hydrogen (secondary N) is 3. The van der Waals surface area contributed by atoms with Crippen LogP contribution in [-0.4, -0.2) is 202 Å². The van der Waals surface area contributed by atoms with E-state index in [1.165, 1.54) is 12.2 Å². The molecule has 0 bridgehead atoms. The molecule has 2 aliphatic rings. The zero-order chi connectivity index (χ0) is 54.5. The summed E-state index contributed by atoms with van der Waals surface area (Å²) in [5.41, 5.74) is 1.82. The summed E-state index contributed by atoms with van der Waals surface area (Å²) in [5.74, 6) is -3.58. The third-order valence-electron chi connectivity index (χ3n) is 14.6. The minimum Gasteiger partial charge on any atom is -0.481 e. The summed E-state index contributed by atoms with van der Waals surface area (Å²) in [6, 6.07) is 4.50.